The Kier molecular flexibility index (Phi) is 3.74. The van der Waals surface area contributed by atoms with E-state index in [-0.39, 0.29) is 11.7 Å². The van der Waals surface area contributed by atoms with Crippen LogP contribution in [0.25, 0.3) is 5.69 Å². The Morgan fingerprint density at radius 1 is 1.26 bits per heavy atom. The Morgan fingerprint density at radius 2 is 2.13 bits per heavy atom. The normalized spacial score (nSPS) is 28.2. The number of morpholine rings is 1. The van der Waals surface area contributed by atoms with Crippen molar-refractivity contribution in [1.29, 1.82) is 0 Å². The van der Waals surface area contributed by atoms with E-state index in [4.69, 9.17) is 9.47 Å². The minimum absolute atomic E-state index is 0.117. The first-order chi connectivity index (χ1) is 11.3. The first-order valence-electron chi connectivity index (χ1n) is 8.10. The highest BCUT2D eigenvalue weighted by Crippen LogP contribution is 2.32. The summed E-state index contributed by atoms with van der Waals surface area (Å²) < 4.78 is 13.7. The summed E-state index contributed by atoms with van der Waals surface area (Å²) in [5, 5.41) is 12.3. The van der Waals surface area contributed by atoms with Crippen LogP contribution in [0.2, 0.25) is 0 Å². The van der Waals surface area contributed by atoms with Gasteiger partial charge in [-0.25, -0.2) is 0 Å². The number of hydrogen-bond donors (Lipinski definition) is 0. The highest BCUT2D eigenvalue weighted by Gasteiger charge is 2.42. The zero-order valence-corrected chi connectivity index (χ0v) is 13.3. The molecule has 2 aliphatic heterocycles. The van der Waals surface area contributed by atoms with Crippen molar-refractivity contribution in [3.63, 3.8) is 0 Å². The van der Waals surface area contributed by atoms with Crippen molar-refractivity contribution in [3.05, 3.63) is 30.3 Å². The molecule has 0 unspecified atom stereocenters. The summed E-state index contributed by atoms with van der Waals surface area (Å²) in [5.41, 5.74) is 0.712. The summed E-state index contributed by atoms with van der Waals surface area (Å²) in [6.45, 7) is 5.08. The lowest BCUT2D eigenvalue weighted by Gasteiger charge is -2.47. The maximum Gasteiger partial charge on any atom is 0.250 e. The van der Waals surface area contributed by atoms with Crippen LogP contribution in [0.1, 0.15) is 19.8 Å². The van der Waals surface area contributed by atoms with Gasteiger partial charge in [0.25, 0.3) is 5.95 Å². The van der Waals surface area contributed by atoms with Crippen LogP contribution in [0.3, 0.4) is 0 Å². The molecule has 2 fully saturated rings. The number of para-hydroxylation sites is 1. The lowest BCUT2D eigenvalue weighted by atomic mass is 9.93. The highest BCUT2D eigenvalue weighted by molar-refractivity contribution is 5.41. The molecule has 23 heavy (non-hydrogen) atoms. The van der Waals surface area contributed by atoms with Crippen LogP contribution >= 0.6 is 0 Å². The van der Waals surface area contributed by atoms with Crippen LogP contribution in [0, 0.1) is 0 Å². The molecule has 0 radical (unpaired) electrons. The molecule has 7 heteroatoms. The number of benzene rings is 1. The zero-order chi connectivity index (χ0) is 15.7. The predicted octanol–water partition coefficient (Wildman–Crippen LogP) is 1.44. The molecule has 2 saturated heterocycles. The van der Waals surface area contributed by atoms with E-state index in [1.165, 1.54) is 0 Å². The molecule has 0 aliphatic carbocycles. The summed E-state index contributed by atoms with van der Waals surface area (Å²) in [5.74, 6) is 0.760. The van der Waals surface area contributed by atoms with Crippen LogP contribution in [-0.2, 0) is 9.47 Å². The Morgan fingerprint density at radius 3 is 2.91 bits per heavy atom. The van der Waals surface area contributed by atoms with E-state index >= 15 is 0 Å². The molecule has 3 heterocycles. The Labute approximate surface area is 135 Å². The third-order valence-electron chi connectivity index (χ3n) is 4.43. The quantitative estimate of drug-likeness (QED) is 0.835. The molecule has 1 aromatic heterocycles. The lowest BCUT2D eigenvalue weighted by molar-refractivity contribution is -0.161. The highest BCUT2D eigenvalue weighted by atomic mass is 16.6. The maximum absolute atomic E-state index is 6.24. The first kappa shape index (κ1) is 14.6. The molecular formula is C16H21N5O2. The molecular weight excluding hydrogens is 294 g/mol. The van der Waals surface area contributed by atoms with Crippen LogP contribution < -0.4 is 4.90 Å². The Hall–Kier alpha value is -1.99. The molecule has 1 aromatic carbocycles. The number of ether oxygens (including phenoxy) is 2. The SMILES string of the molecule is C[C@H]1CN(c2nnnn2-c2ccccc2)C[C@]2(CCCOC2)O1. The topological polar surface area (TPSA) is 65.3 Å². The maximum atomic E-state index is 6.24. The Balaban J connectivity index is 1.64. The van der Waals surface area contributed by atoms with E-state index in [0.29, 0.717) is 6.61 Å². The smallest absolute Gasteiger partial charge is 0.250 e. The van der Waals surface area contributed by atoms with Gasteiger partial charge in [-0.2, -0.15) is 4.68 Å². The summed E-state index contributed by atoms with van der Waals surface area (Å²) in [7, 11) is 0. The van der Waals surface area contributed by atoms with Gasteiger partial charge in [0, 0.05) is 13.2 Å². The van der Waals surface area contributed by atoms with E-state index < -0.39 is 0 Å². The average molecular weight is 315 g/mol. The van der Waals surface area contributed by atoms with E-state index in [1.54, 1.807) is 4.68 Å². The third-order valence-corrected chi connectivity index (χ3v) is 4.43. The molecule has 0 N–H and O–H groups in total. The number of anilines is 1. The molecule has 122 valence electrons. The lowest BCUT2D eigenvalue weighted by Crippen LogP contribution is -2.59. The number of rotatable bonds is 2. The molecule has 2 atom stereocenters. The van der Waals surface area contributed by atoms with Crippen molar-refractivity contribution < 1.29 is 9.47 Å². The monoisotopic (exact) mass is 315 g/mol. The van der Waals surface area contributed by atoms with Crippen molar-refractivity contribution in [2.24, 2.45) is 0 Å². The van der Waals surface area contributed by atoms with Gasteiger partial charge in [0.05, 0.1) is 24.9 Å². The summed E-state index contributed by atoms with van der Waals surface area (Å²) >= 11 is 0. The standard InChI is InChI=1S/C16H21N5O2/c1-13-10-20(11-16(23-13)8-5-9-22-12-16)15-17-18-19-21(15)14-6-3-2-4-7-14/h2-4,6-7,13H,5,8-12H2,1H3/t13-,16-/m0/s1. The van der Waals surface area contributed by atoms with Gasteiger partial charge in [-0.15, -0.1) is 0 Å². The van der Waals surface area contributed by atoms with Gasteiger partial charge in [-0.1, -0.05) is 23.3 Å². The number of hydrogen-bond acceptors (Lipinski definition) is 6. The molecule has 1 spiro atoms. The van der Waals surface area contributed by atoms with E-state index in [0.717, 1.165) is 44.2 Å². The third kappa shape index (κ3) is 2.82. The van der Waals surface area contributed by atoms with Gasteiger partial charge in [-0.3, -0.25) is 0 Å². The van der Waals surface area contributed by atoms with E-state index in [1.807, 2.05) is 30.3 Å². The van der Waals surface area contributed by atoms with Crippen LogP contribution in [-0.4, -0.2) is 58.2 Å². The van der Waals surface area contributed by atoms with E-state index in [9.17, 15) is 0 Å². The zero-order valence-electron chi connectivity index (χ0n) is 13.3. The Bertz CT molecular complexity index is 654. The molecule has 0 bridgehead atoms. The van der Waals surface area contributed by atoms with Crippen molar-refractivity contribution >= 4 is 5.95 Å². The van der Waals surface area contributed by atoms with Crippen molar-refractivity contribution in [2.75, 3.05) is 31.2 Å². The van der Waals surface area contributed by atoms with Gasteiger partial charge in [0.2, 0.25) is 0 Å². The second-order valence-electron chi connectivity index (χ2n) is 6.37. The van der Waals surface area contributed by atoms with Gasteiger partial charge >= 0.3 is 0 Å². The molecule has 4 rings (SSSR count). The fourth-order valence-electron chi connectivity index (χ4n) is 3.54. The average Bonchev–Trinajstić information content (AvgIpc) is 3.05. The fraction of sp³-hybridized carbons (Fsp3) is 0.562. The molecule has 2 aliphatic rings. The minimum Gasteiger partial charge on any atom is -0.378 e. The van der Waals surface area contributed by atoms with Crippen LogP contribution in [0.15, 0.2) is 30.3 Å². The second-order valence-corrected chi connectivity index (χ2v) is 6.37. The summed E-state index contributed by atoms with van der Waals surface area (Å²) in [6, 6.07) is 9.96. The second kappa shape index (κ2) is 5.90. The minimum atomic E-state index is -0.247. The predicted molar refractivity (Wildman–Crippen MR) is 84.7 cm³/mol. The molecule has 7 nitrogen and oxygen atoms in total. The van der Waals surface area contributed by atoms with Crippen molar-refractivity contribution in [2.45, 2.75) is 31.5 Å². The van der Waals surface area contributed by atoms with Crippen LogP contribution in [0.5, 0.6) is 0 Å². The summed E-state index contributed by atoms with van der Waals surface area (Å²) in [4.78, 5) is 2.22. The molecule has 0 amide bonds. The first-order valence-corrected chi connectivity index (χ1v) is 8.10. The van der Waals surface area contributed by atoms with Gasteiger partial charge < -0.3 is 14.4 Å². The van der Waals surface area contributed by atoms with E-state index in [2.05, 4.69) is 27.3 Å². The molecule has 2 aromatic rings. The molecule has 0 saturated carbocycles. The largest absolute Gasteiger partial charge is 0.378 e. The number of nitrogens with zero attached hydrogens (tertiary/aromatic N) is 5. The number of aromatic nitrogens is 4. The van der Waals surface area contributed by atoms with Crippen LogP contribution in [0.4, 0.5) is 5.95 Å². The van der Waals surface area contributed by atoms with Gasteiger partial charge in [0.15, 0.2) is 0 Å². The fourth-order valence-corrected chi connectivity index (χ4v) is 3.54. The van der Waals surface area contributed by atoms with Crippen molar-refractivity contribution in [1.82, 2.24) is 20.2 Å². The van der Waals surface area contributed by atoms with Gasteiger partial charge in [-0.05, 0) is 42.3 Å². The number of tetrazole rings is 1. The van der Waals surface area contributed by atoms with Crippen molar-refractivity contribution in [3.8, 4) is 5.69 Å². The van der Waals surface area contributed by atoms with Gasteiger partial charge in [0.1, 0.15) is 5.60 Å². The summed E-state index contributed by atoms with van der Waals surface area (Å²) in [6.07, 6.45) is 2.16.